The van der Waals surface area contributed by atoms with Gasteiger partial charge < -0.3 is 10.6 Å². The summed E-state index contributed by atoms with van der Waals surface area (Å²) in [5.74, 6) is -1.73. The molecule has 2 amide bonds. The molecule has 2 aromatic rings. The van der Waals surface area contributed by atoms with E-state index in [1.165, 1.54) is 19.4 Å². The quantitative estimate of drug-likeness (QED) is 0.761. The van der Waals surface area contributed by atoms with Crippen molar-refractivity contribution in [3.05, 3.63) is 59.4 Å². The van der Waals surface area contributed by atoms with Crippen LogP contribution in [0.2, 0.25) is 0 Å². The molecule has 0 spiro atoms. The summed E-state index contributed by atoms with van der Waals surface area (Å²) in [6, 6.07) is 8.44. The Morgan fingerprint density at radius 2 is 1.88 bits per heavy atom. The van der Waals surface area contributed by atoms with Crippen LogP contribution < -0.4 is 10.6 Å². The summed E-state index contributed by atoms with van der Waals surface area (Å²) in [5.41, 5.74) is 1.86. The largest absolute Gasteiger partial charge is 0.351 e. The van der Waals surface area contributed by atoms with Gasteiger partial charge in [-0.3, -0.25) is 14.6 Å². The zero-order valence-corrected chi connectivity index (χ0v) is 15.6. The highest BCUT2D eigenvalue weighted by Gasteiger charge is 2.31. The molecule has 0 aliphatic carbocycles. The first kappa shape index (κ1) is 19.6. The van der Waals surface area contributed by atoms with Gasteiger partial charge in [-0.1, -0.05) is 18.2 Å². The van der Waals surface area contributed by atoms with Gasteiger partial charge in [0.05, 0.1) is 4.90 Å². The summed E-state index contributed by atoms with van der Waals surface area (Å²) in [5, 5.41) is 3.52. The van der Waals surface area contributed by atoms with Gasteiger partial charge in [0, 0.05) is 26.0 Å². The Morgan fingerprint density at radius 1 is 1.15 bits per heavy atom. The van der Waals surface area contributed by atoms with E-state index >= 15 is 0 Å². The van der Waals surface area contributed by atoms with Gasteiger partial charge in [-0.05, 0) is 42.7 Å². The summed E-state index contributed by atoms with van der Waals surface area (Å²) < 4.78 is 26.6. The molecular formula is C18H21N3O4S. The zero-order valence-electron chi connectivity index (χ0n) is 14.8. The summed E-state index contributed by atoms with van der Waals surface area (Å²) in [7, 11) is -2.50. The molecule has 0 bridgehead atoms. The van der Waals surface area contributed by atoms with Crippen LogP contribution in [-0.4, -0.2) is 38.8 Å². The van der Waals surface area contributed by atoms with Gasteiger partial charge in [-0.25, -0.2) is 8.42 Å². The van der Waals surface area contributed by atoms with Crippen LogP contribution in [0.4, 0.5) is 0 Å². The molecule has 7 nitrogen and oxygen atoms in total. The number of carbonyl (C=O) groups excluding carboxylic acids is 2. The van der Waals surface area contributed by atoms with E-state index in [0.717, 1.165) is 5.56 Å². The molecule has 138 valence electrons. The zero-order chi connectivity index (χ0) is 19.3. The molecule has 0 fully saturated rings. The second-order valence-electron chi connectivity index (χ2n) is 5.88. The molecule has 0 saturated heterocycles. The van der Waals surface area contributed by atoms with Gasteiger partial charge in [0.25, 0.3) is 0 Å². The van der Waals surface area contributed by atoms with E-state index in [4.69, 9.17) is 0 Å². The van der Waals surface area contributed by atoms with Gasteiger partial charge in [0.1, 0.15) is 5.25 Å². The minimum Gasteiger partial charge on any atom is -0.351 e. The monoisotopic (exact) mass is 375 g/mol. The number of aromatic nitrogens is 1. The van der Waals surface area contributed by atoms with Crippen molar-refractivity contribution in [1.29, 1.82) is 0 Å². The fourth-order valence-corrected chi connectivity index (χ4v) is 4.49. The van der Waals surface area contributed by atoms with E-state index in [1.807, 2.05) is 13.0 Å². The van der Waals surface area contributed by atoms with Crippen molar-refractivity contribution in [3.63, 3.8) is 0 Å². The van der Waals surface area contributed by atoms with E-state index in [2.05, 4.69) is 15.6 Å². The molecular weight excluding hydrogens is 354 g/mol. The van der Waals surface area contributed by atoms with Crippen LogP contribution in [0, 0.1) is 13.8 Å². The molecule has 1 atom stereocenters. The fraction of sp³-hybridized carbons (Fsp3) is 0.278. The summed E-state index contributed by atoms with van der Waals surface area (Å²) in [6.07, 6.45) is 2.98. The third kappa shape index (κ3) is 4.26. The van der Waals surface area contributed by atoms with E-state index in [-0.39, 0.29) is 11.4 Å². The number of carbonyl (C=O) groups is 2. The number of benzene rings is 1. The van der Waals surface area contributed by atoms with Crippen molar-refractivity contribution in [2.24, 2.45) is 0 Å². The van der Waals surface area contributed by atoms with Crippen LogP contribution in [0.1, 0.15) is 21.9 Å². The SMILES string of the molecule is CNC(=O)C(=O)NC[C@@H](c1cccnc1)S(=O)(=O)c1cc(C)ccc1C. The second-order valence-corrected chi connectivity index (χ2v) is 7.98. The fourth-order valence-electron chi connectivity index (χ4n) is 2.52. The highest BCUT2D eigenvalue weighted by atomic mass is 32.2. The molecule has 0 unspecified atom stereocenters. The smallest absolute Gasteiger partial charge is 0.309 e. The maximum absolute atomic E-state index is 13.3. The van der Waals surface area contributed by atoms with E-state index < -0.39 is 26.9 Å². The Bertz CT molecular complexity index is 911. The highest BCUT2D eigenvalue weighted by Crippen LogP contribution is 2.30. The van der Waals surface area contributed by atoms with Crippen LogP contribution in [0.25, 0.3) is 0 Å². The molecule has 0 aliphatic heterocycles. The van der Waals surface area contributed by atoms with Crippen LogP contribution in [-0.2, 0) is 19.4 Å². The number of hydrogen-bond acceptors (Lipinski definition) is 5. The lowest BCUT2D eigenvalue weighted by molar-refractivity contribution is -0.138. The topological polar surface area (TPSA) is 105 Å². The Balaban J connectivity index is 2.45. The molecule has 1 aromatic heterocycles. The van der Waals surface area contributed by atoms with Gasteiger partial charge in [-0.2, -0.15) is 0 Å². The minimum absolute atomic E-state index is 0.195. The number of nitrogens with one attached hydrogen (secondary N) is 2. The molecule has 0 radical (unpaired) electrons. The number of pyridine rings is 1. The van der Waals surface area contributed by atoms with Gasteiger partial charge >= 0.3 is 11.8 Å². The van der Waals surface area contributed by atoms with Crippen molar-refractivity contribution in [2.75, 3.05) is 13.6 Å². The number of nitrogens with zero attached hydrogens (tertiary/aromatic N) is 1. The summed E-state index contributed by atoms with van der Waals surface area (Å²) in [4.78, 5) is 27.3. The molecule has 2 N–H and O–H groups in total. The Kier molecular flexibility index (Phi) is 6.10. The Labute approximate surface area is 152 Å². The van der Waals surface area contributed by atoms with Crippen LogP contribution in [0.5, 0.6) is 0 Å². The summed E-state index contributed by atoms with van der Waals surface area (Å²) in [6.45, 7) is 3.29. The first-order valence-corrected chi connectivity index (χ1v) is 9.53. The van der Waals surface area contributed by atoms with E-state index in [0.29, 0.717) is 11.1 Å². The Hall–Kier alpha value is -2.74. The van der Waals surface area contributed by atoms with Crippen molar-refractivity contribution in [2.45, 2.75) is 24.0 Å². The predicted molar refractivity (Wildman–Crippen MR) is 97.2 cm³/mol. The number of sulfone groups is 1. The van der Waals surface area contributed by atoms with Crippen molar-refractivity contribution >= 4 is 21.7 Å². The second kappa shape index (κ2) is 8.09. The molecule has 0 aliphatic rings. The van der Waals surface area contributed by atoms with E-state index in [9.17, 15) is 18.0 Å². The predicted octanol–water partition coefficient (Wildman–Crippen LogP) is 1.08. The molecule has 1 heterocycles. The maximum Gasteiger partial charge on any atom is 0.309 e. The lowest BCUT2D eigenvalue weighted by Gasteiger charge is -2.20. The average molecular weight is 375 g/mol. The number of hydrogen-bond donors (Lipinski definition) is 2. The standard InChI is InChI=1S/C18H21N3O4S/c1-12-6-7-13(2)15(9-12)26(24,25)16(14-5-4-8-20-10-14)11-21-18(23)17(22)19-3/h4-10,16H,11H2,1-3H3,(H,19,22)(H,21,23)/t16-/m0/s1. The molecule has 1 aromatic carbocycles. The normalized spacial score (nSPS) is 12.3. The number of amides is 2. The Morgan fingerprint density at radius 3 is 2.50 bits per heavy atom. The van der Waals surface area contributed by atoms with Gasteiger partial charge in [-0.15, -0.1) is 0 Å². The number of rotatable bonds is 5. The molecule has 8 heteroatoms. The third-order valence-electron chi connectivity index (χ3n) is 3.96. The molecule has 2 rings (SSSR count). The number of aryl methyl sites for hydroxylation is 2. The third-order valence-corrected chi connectivity index (χ3v) is 6.20. The van der Waals surface area contributed by atoms with Crippen molar-refractivity contribution in [3.8, 4) is 0 Å². The van der Waals surface area contributed by atoms with Gasteiger partial charge in [0.15, 0.2) is 9.84 Å². The van der Waals surface area contributed by atoms with Crippen molar-refractivity contribution in [1.82, 2.24) is 15.6 Å². The lowest BCUT2D eigenvalue weighted by atomic mass is 10.2. The first-order chi connectivity index (χ1) is 12.3. The van der Waals surface area contributed by atoms with Crippen LogP contribution in [0.3, 0.4) is 0 Å². The molecule has 26 heavy (non-hydrogen) atoms. The number of likely N-dealkylation sites (N-methyl/N-ethyl adjacent to an activating group) is 1. The van der Waals surface area contributed by atoms with Crippen LogP contribution in [0.15, 0.2) is 47.6 Å². The van der Waals surface area contributed by atoms with Crippen LogP contribution >= 0.6 is 0 Å². The highest BCUT2D eigenvalue weighted by molar-refractivity contribution is 7.91. The maximum atomic E-state index is 13.3. The van der Waals surface area contributed by atoms with Crippen molar-refractivity contribution < 1.29 is 18.0 Å². The van der Waals surface area contributed by atoms with Gasteiger partial charge in [0.2, 0.25) is 0 Å². The summed E-state index contributed by atoms with van der Waals surface area (Å²) >= 11 is 0. The average Bonchev–Trinajstić information content (AvgIpc) is 2.63. The minimum atomic E-state index is -3.82. The first-order valence-electron chi connectivity index (χ1n) is 7.98. The lowest BCUT2D eigenvalue weighted by Crippen LogP contribution is -2.41. The molecule has 0 saturated carbocycles. The van der Waals surface area contributed by atoms with E-state index in [1.54, 1.807) is 31.2 Å².